The number of hydrogen-bond donors (Lipinski definition) is 3. The molecule has 0 radical (unpaired) electrons. The lowest BCUT2D eigenvalue weighted by molar-refractivity contribution is 0.318. The summed E-state index contributed by atoms with van der Waals surface area (Å²) < 4.78 is 0. The second kappa shape index (κ2) is 6.68. The van der Waals surface area contributed by atoms with Crippen molar-refractivity contribution in [2.45, 2.75) is 19.5 Å². The number of rotatable bonds is 5. The number of aromatic nitrogens is 1. The fraction of sp³-hybridized carbons (Fsp3) is 0.200. The van der Waals surface area contributed by atoms with E-state index in [2.05, 4.69) is 22.4 Å². The van der Waals surface area contributed by atoms with Gasteiger partial charge in [-0.25, -0.2) is 0 Å². The van der Waals surface area contributed by atoms with Crippen LogP contribution in [0.25, 0.3) is 0 Å². The molecule has 5 heteroatoms. The molecule has 2 aromatic rings. The highest BCUT2D eigenvalue weighted by Crippen LogP contribution is 2.11. The average molecular weight is 270 g/mol. The highest BCUT2D eigenvalue weighted by Gasteiger charge is 2.05. The summed E-state index contributed by atoms with van der Waals surface area (Å²) in [6.07, 6.45) is 3.63. The van der Waals surface area contributed by atoms with E-state index in [0.717, 1.165) is 17.7 Å². The molecule has 20 heavy (non-hydrogen) atoms. The Morgan fingerprint density at radius 2 is 2.10 bits per heavy atom. The van der Waals surface area contributed by atoms with E-state index in [1.807, 2.05) is 42.6 Å². The smallest absolute Gasteiger partial charge is 0.170 e. The molecular weight excluding hydrogens is 252 g/mol. The van der Waals surface area contributed by atoms with Crippen molar-refractivity contribution in [3.05, 3.63) is 65.5 Å². The van der Waals surface area contributed by atoms with Crippen molar-refractivity contribution in [1.29, 1.82) is 0 Å². The molecule has 0 fully saturated rings. The average Bonchev–Trinajstić information content (AvgIpc) is 2.53. The van der Waals surface area contributed by atoms with E-state index in [0.29, 0.717) is 5.56 Å². The van der Waals surface area contributed by atoms with E-state index in [1.165, 1.54) is 0 Å². The first-order chi connectivity index (χ1) is 9.70. The Hall–Kier alpha value is -2.40. The zero-order valence-electron chi connectivity index (χ0n) is 11.3. The van der Waals surface area contributed by atoms with Gasteiger partial charge in [-0.15, -0.1) is 0 Å². The highest BCUT2D eigenvalue weighted by molar-refractivity contribution is 5.96. The van der Waals surface area contributed by atoms with Crippen molar-refractivity contribution in [2.75, 3.05) is 0 Å². The largest absolute Gasteiger partial charge is 0.409 e. The SMILES string of the molecule is CC(NCc1ccc(C(N)=NO)cc1)c1cccnc1. The standard InChI is InChI=1S/C15H18N4O/c1-11(14-3-2-8-17-10-14)18-9-12-4-6-13(7-5-12)15(16)19-20/h2-8,10-11,18,20H,9H2,1H3,(H2,16,19). The minimum Gasteiger partial charge on any atom is -0.409 e. The minimum atomic E-state index is 0.119. The zero-order chi connectivity index (χ0) is 14.4. The summed E-state index contributed by atoms with van der Waals surface area (Å²) in [5.74, 6) is 0.119. The summed E-state index contributed by atoms with van der Waals surface area (Å²) in [6.45, 7) is 2.84. The van der Waals surface area contributed by atoms with Crippen LogP contribution in [0.1, 0.15) is 29.7 Å². The van der Waals surface area contributed by atoms with Gasteiger partial charge in [-0.1, -0.05) is 35.5 Å². The third kappa shape index (κ3) is 3.55. The second-order valence-corrected chi connectivity index (χ2v) is 4.57. The number of nitrogens with one attached hydrogen (secondary N) is 1. The lowest BCUT2D eigenvalue weighted by Gasteiger charge is -2.14. The zero-order valence-corrected chi connectivity index (χ0v) is 11.3. The van der Waals surface area contributed by atoms with E-state index in [-0.39, 0.29) is 11.9 Å². The van der Waals surface area contributed by atoms with Gasteiger partial charge in [0.1, 0.15) is 0 Å². The first-order valence-corrected chi connectivity index (χ1v) is 6.41. The van der Waals surface area contributed by atoms with Crippen LogP contribution in [0, 0.1) is 0 Å². The summed E-state index contributed by atoms with van der Waals surface area (Å²) >= 11 is 0. The summed E-state index contributed by atoms with van der Waals surface area (Å²) in [5, 5.41) is 15.0. The van der Waals surface area contributed by atoms with Crippen LogP contribution in [0.5, 0.6) is 0 Å². The molecule has 2 rings (SSSR count). The molecule has 1 aromatic heterocycles. The van der Waals surface area contributed by atoms with Crippen molar-refractivity contribution in [3.8, 4) is 0 Å². The number of oxime groups is 1. The fourth-order valence-corrected chi connectivity index (χ4v) is 1.87. The van der Waals surface area contributed by atoms with Gasteiger partial charge in [0.05, 0.1) is 0 Å². The Morgan fingerprint density at radius 3 is 2.70 bits per heavy atom. The summed E-state index contributed by atoms with van der Waals surface area (Å²) in [4.78, 5) is 4.11. The van der Waals surface area contributed by atoms with Crippen LogP contribution in [0.4, 0.5) is 0 Å². The normalized spacial score (nSPS) is 13.2. The Morgan fingerprint density at radius 1 is 1.35 bits per heavy atom. The first-order valence-electron chi connectivity index (χ1n) is 6.41. The molecule has 1 atom stereocenters. The van der Waals surface area contributed by atoms with Crippen molar-refractivity contribution in [3.63, 3.8) is 0 Å². The lowest BCUT2D eigenvalue weighted by atomic mass is 10.1. The number of pyridine rings is 1. The third-order valence-corrected chi connectivity index (χ3v) is 3.15. The molecule has 104 valence electrons. The van der Waals surface area contributed by atoms with Gasteiger partial charge in [-0.3, -0.25) is 4.98 Å². The molecule has 4 N–H and O–H groups in total. The first kappa shape index (κ1) is 14.0. The van der Waals surface area contributed by atoms with Gasteiger partial charge in [0.25, 0.3) is 0 Å². The number of nitrogens with two attached hydrogens (primary N) is 1. The molecule has 0 aliphatic carbocycles. The predicted molar refractivity (Wildman–Crippen MR) is 78.4 cm³/mol. The Kier molecular flexibility index (Phi) is 4.68. The molecule has 0 aliphatic rings. The Bertz CT molecular complexity index is 566. The highest BCUT2D eigenvalue weighted by atomic mass is 16.4. The fourth-order valence-electron chi connectivity index (χ4n) is 1.87. The van der Waals surface area contributed by atoms with Crippen LogP contribution in [0.15, 0.2) is 53.9 Å². The molecular formula is C15H18N4O. The van der Waals surface area contributed by atoms with Crippen LogP contribution < -0.4 is 11.1 Å². The summed E-state index contributed by atoms with van der Waals surface area (Å²) in [5.41, 5.74) is 8.51. The van der Waals surface area contributed by atoms with Gasteiger partial charge >= 0.3 is 0 Å². The Labute approximate surface area is 118 Å². The van der Waals surface area contributed by atoms with Gasteiger partial charge in [-0.05, 0) is 24.1 Å². The maximum atomic E-state index is 8.60. The van der Waals surface area contributed by atoms with Gasteiger partial charge in [-0.2, -0.15) is 0 Å². The van der Waals surface area contributed by atoms with Crippen LogP contribution in [0.3, 0.4) is 0 Å². The van der Waals surface area contributed by atoms with Crippen molar-refractivity contribution < 1.29 is 5.21 Å². The lowest BCUT2D eigenvalue weighted by Crippen LogP contribution is -2.18. The number of hydrogen-bond acceptors (Lipinski definition) is 4. The number of benzene rings is 1. The van der Waals surface area contributed by atoms with Gasteiger partial charge in [0.15, 0.2) is 5.84 Å². The van der Waals surface area contributed by atoms with Crippen LogP contribution >= 0.6 is 0 Å². The van der Waals surface area contributed by atoms with E-state index in [4.69, 9.17) is 10.9 Å². The molecule has 0 aliphatic heterocycles. The maximum Gasteiger partial charge on any atom is 0.170 e. The van der Waals surface area contributed by atoms with Crippen molar-refractivity contribution in [2.24, 2.45) is 10.9 Å². The second-order valence-electron chi connectivity index (χ2n) is 4.57. The topological polar surface area (TPSA) is 83.5 Å². The van der Waals surface area contributed by atoms with Crippen molar-refractivity contribution in [1.82, 2.24) is 10.3 Å². The van der Waals surface area contributed by atoms with Crippen molar-refractivity contribution >= 4 is 5.84 Å². The van der Waals surface area contributed by atoms with Crippen LogP contribution in [-0.2, 0) is 6.54 Å². The number of amidine groups is 1. The summed E-state index contributed by atoms with van der Waals surface area (Å²) in [6, 6.07) is 11.8. The van der Waals surface area contributed by atoms with E-state index >= 15 is 0 Å². The number of nitrogens with zero attached hydrogens (tertiary/aromatic N) is 2. The summed E-state index contributed by atoms with van der Waals surface area (Å²) in [7, 11) is 0. The van der Waals surface area contributed by atoms with Gasteiger partial charge in [0.2, 0.25) is 0 Å². The van der Waals surface area contributed by atoms with Gasteiger partial charge < -0.3 is 16.3 Å². The molecule has 0 bridgehead atoms. The third-order valence-electron chi connectivity index (χ3n) is 3.15. The monoisotopic (exact) mass is 270 g/mol. The molecule has 1 heterocycles. The molecule has 0 saturated heterocycles. The quantitative estimate of drug-likeness (QED) is 0.336. The molecule has 0 spiro atoms. The van der Waals surface area contributed by atoms with E-state index in [9.17, 15) is 0 Å². The predicted octanol–water partition coefficient (Wildman–Crippen LogP) is 2.03. The molecule has 1 unspecified atom stereocenters. The van der Waals surface area contributed by atoms with Crippen LogP contribution in [0.2, 0.25) is 0 Å². The van der Waals surface area contributed by atoms with Gasteiger partial charge in [0, 0.05) is 30.5 Å². The Balaban J connectivity index is 1.94. The molecule has 5 nitrogen and oxygen atoms in total. The molecule has 0 amide bonds. The minimum absolute atomic E-state index is 0.119. The van der Waals surface area contributed by atoms with Crippen LogP contribution in [-0.4, -0.2) is 16.0 Å². The molecule has 0 saturated carbocycles. The van der Waals surface area contributed by atoms with E-state index in [1.54, 1.807) is 6.20 Å². The molecule has 1 aromatic carbocycles. The van der Waals surface area contributed by atoms with E-state index < -0.39 is 0 Å². The maximum absolute atomic E-state index is 8.60.